The Morgan fingerprint density at radius 1 is 0.724 bits per heavy atom. The Bertz CT molecular complexity index is 972. The predicted molar refractivity (Wildman–Crippen MR) is 107 cm³/mol. The molecule has 0 aliphatic heterocycles. The number of amides is 2. The van der Waals surface area contributed by atoms with Crippen molar-refractivity contribution in [1.29, 1.82) is 0 Å². The largest absolute Gasteiger partial charge is 0.507 e. The molecule has 2 amide bonds. The lowest BCUT2D eigenvalue weighted by Crippen LogP contribution is -2.43. The number of nitrogens with one attached hydrogen (secondary N) is 2. The topological polar surface area (TPSA) is 78.4 Å². The highest BCUT2D eigenvalue weighted by molar-refractivity contribution is 5.99. The Hall–Kier alpha value is -2.96. The third-order valence-electron chi connectivity index (χ3n) is 5.78. The fourth-order valence-corrected chi connectivity index (χ4v) is 3.43. The zero-order valence-electron chi connectivity index (χ0n) is 17.7. The van der Waals surface area contributed by atoms with E-state index in [0.29, 0.717) is 38.9 Å². The maximum atomic E-state index is 14.0. The fraction of sp³-hybridized carbons (Fsp3) is 0.364. The lowest BCUT2D eigenvalue weighted by atomic mass is 9.92. The van der Waals surface area contributed by atoms with Crippen molar-refractivity contribution in [2.75, 3.05) is 0 Å². The van der Waals surface area contributed by atoms with Gasteiger partial charge in [-0.2, -0.15) is 0 Å². The van der Waals surface area contributed by atoms with Gasteiger partial charge in [-0.3, -0.25) is 20.4 Å². The second-order valence-electron chi connectivity index (χ2n) is 7.38. The summed E-state index contributed by atoms with van der Waals surface area (Å²) in [6, 6.07) is 0. The molecule has 0 fully saturated rings. The molecule has 7 heteroatoms. The van der Waals surface area contributed by atoms with Crippen LogP contribution < -0.4 is 10.9 Å². The highest BCUT2D eigenvalue weighted by Crippen LogP contribution is 2.31. The molecule has 5 nitrogen and oxygen atoms in total. The number of rotatable bonds is 3. The summed E-state index contributed by atoms with van der Waals surface area (Å²) >= 11 is 0. The number of halogens is 2. The van der Waals surface area contributed by atoms with E-state index >= 15 is 0 Å². The van der Waals surface area contributed by atoms with Gasteiger partial charge in [0.05, 0.1) is 6.42 Å². The number of carbonyl (C=O) groups is 2. The van der Waals surface area contributed by atoms with Crippen LogP contribution in [0, 0.1) is 60.1 Å². The first-order valence-corrected chi connectivity index (χ1v) is 9.22. The molecular formula is C22H26F2N2O3. The Morgan fingerprint density at radius 3 is 1.72 bits per heavy atom. The van der Waals surface area contributed by atoms with Gasteiger partial charge in [-0.05, 0) is 93.0 Å². The molecule has 0 spiro atoms. The van der Waals surface area contributed by atoms with Crippen LogP contribution in [-0.2, 0) is 11.2 Å². The summed E-state index contributed by atoms with van der Waals surface area (Å²) in [7, 11) is 0. The molecule has 0 saturated carbocycles. The Balaban J connectivity index is 2.21. The third kappa shape index (κ3) is 3.95. The van der Waals surface area contributed by atoms with E-state index in [1.165, 1.54) is 13.8 Å². The molecular weight excluding hydrogens is 378 g/mol. The Morgan fingerprint density at radius 2 is 1.21 bits per heavy atom. The van der Waals surface area contributed by atoms with Crippen molar-refractivity contribution in [3.05, 3.63) is 61.7 Å². The van der Waals surface area contributed by atoms with Gasteiger partial charge in [0.1, 0.15) is 5.75 Å². The average Bonchev–Trinajstić information content (AvgIpc) is 2.69. The molecule has 2 aromatic rings. The van der Waals surface area contributed by atoms with Gasteiger partial charge in [-0.15, -0.1) is 0 Å². The second-order valence-corrected chi connectivity index (χ2v) is 7.38. The Labute approximate surface area is 169 Å². The highest BCUT2D eigenvalue weighted by atomic mass is 19.2. The SMILES string of the molecule is Cc1c(C)c(C(=O)NNC(=O)Cc2c(C)c(C)c(F)c(F)c2C)c(C)c(C)c1O. The van der Waals surface area contributed by atoms with Crippen LogP contribution in [0.5, 0.6) is 5.75 Å². The molecule has 0 saturated heterocycles. The number of benzene rings is 2. The van der Waals surface area contributed by atoms with Gasteiger partial charge in [-0.25, -0.2) is 8.78 Å². The standard InChI is InChI=1S/C22H26F2N2O3/c1-9-12(4)19(23)20(24)15(7)16(9)8-17(27)25-26-22(29)18-10(2)13(5)21(28)14(6)11(18)3/h28H,8H2,1-7H3,(H,25,27)(H,26,29). The van der Waals surface area contributed by atoms with Crippen molar-refractivity contribution < 1.29 is 23.5 Å². The molecule has 156 valence electrons. The summed E-state index contributed by atoms with van der Waals surface area (Å²) in [5.74, 6) is -2.82. The van der Waals surface area contributed by atoms with Crippen LogP contribution in [0.3, 0.4) is 0 Å². The van der Waals surface area contributed by atoms with Crippen molar-refractivity contribution >= 4 is 11.8 Å². The van der Waals surface area contributed by atoms with E-state index in [0.717, 1.165) is 0 Å². The van der Waals surface area contributed by atoms with Crippen LogP contribution in [-0.4, -0.2) is 16.9 Å². The average molecular weight is 404 g/mol. The van der Waals surface area contributed by atoms with Crippen LogP contribution in [0.1, 0.15) is 54.9 Å². The molecule has 0 aliphatic rings. The van der Waals surface area contributed by atoms with Gasteiger partial charge in [0.2, 0.25) is 5.91 Å². The number of phenolic OH excluding ortho intramolecular Hbond substituents is 1. The molecule has 0 atom stereocenters. The minimum Gasteiger partial charge on any atom is -0.507 e. The highest BCUT2D eigenvalue weighted by Gasteiger charge is 2.22. The van der Waals surface area contributed by atoms with E-state index in [4.69, 9.17) is 0 Å². The maximum Gasteiger partial charge on any atom is 0.270 e. The van der Waals surface area contributed by atoms with Crippen molar-refractivity contribution in [2.45, 2.75) is 54.9 Å². The molecule has 3 N–H and O–H groups in total. The first kappa shape index (κ1) is 22.3. The van der Waals surface area contributed by atoms with Crippen LogP contribution in [0.15, 0.2) is 0 Å². The number of aromatic hydroxyl groups is 1. The van der Waals surface area contributed by atoms with Gasteiger partial charge in [0.25, 0.3) is 5.91 Å². The van der Waals surface area contributed by atoms with E-state index in [9.17, 15) is 23.5 Å². The number of carbonyl (C=O) groups excluding carboxylic acids is 2. The van der Waals surface area contributed by atoms with E-state index in [1.54, 1.807) is 34.6 Å². The van der Waals surface area contributed by atoms with E-state index in [1.807, 2.05) is 0 Å². The molecule has 2 rings (SSSR count). The molecule has 0 radical (unpaired) electrons. The quantitative estimate of drug-likeness (QED) is 0.681. The maximum absolute atomic E-state index is 14.0. The summed E-state index contributed by atoms with van der Waals surface area (Å²) in [6.07, 6.45) is -0.207. The van der Waals surface area contributed by atoms with Crippen molar-refractivity contribution in [2.24, 2.45) is 0 Å². The zero-order chi connectivity index (χ0) is 22.2. The minimum atomic E-state index is -0.971. The van der Waals surface area contributed by atoms with Gasteiger partial charge in [0, 0.05) is 5.56 Å². The van der Waals surface area contributed by atoms with E-state index in [-0.39, 0.29) is 23.3 Å². The minimum absolute atomic E-state index is 0.0727. The molecule has 0 heterocycles. The first-order valence-electron chi connectivity index (χ1n) is 9.22. The smallest absolute Gasteiger partial charge is 0.270 e. The van der Waals surface area contributed by atoms with Crippen LogP contribution in [0.4, 0.5) is 8.78 Å². The summed E-state index contributed by atoms with van der Waals surface area (Å²) in [4.78, 5) is 25.0. The van der Waals surface area contributed by atoms with E-state index < -0.39 is 23.4 Å². The normalized spacial score (nSPS) is 10.8. The molecule has 29 heavy (non-hydrogen) atoms. The summed E-state index contributed by atoms with van der Waals surface area (Å²) in [5, 5.41) is 10.1. The number of hydrazine groups is 1. The zero-order valence-corrected chi connectivity index (χ0v) is 17.7. The lowest BCUT2D eigenvalue weighted by molar-refractivity contribution is -0.121. The molecule has 0 aromatic heterocycles. The number of hydrogen-bond donors (Lipinski definition) is 3. The summed E-state index contributed by atoms with van der Waals surface area (Å²) < 4.78 is 27.8. The fourth-order valence-electron chi connectivity index (χ4n) is 3.43. The summed E-state index contributed by atoms with van der Waals surface area (Å²) in [6.45, 7) is 11.4. The van der Waals surface area contributed by atoms with Crippen molar-refractivity contribution in [3.8, 4) is 5.75 Å². The number of hydrogen-bond acceptors (Lipinski definition) is 3. The van der Waals surface area contributed by atoms with Gasteiger partial charge in [0.15, 0.2) is 11.6 Å². The van der Waals surface area contributed by atoms with Crippen LogP contribution in [0.2, 0.25) is 0 Å². The summed E-state index contributed by atoms with van der Waals surface area (Å²) in [5.41, 5.74) is 8.58. The molecule has 0 bridgehead atoms. The van der Waals surface area contributed by atoms with Gasteiger partial charge < -0.3 is 5.11 Å². The first-order chi connectivity index (χ1) is 13.4. The van der Waals surface area contributed by atoms with Crippen molar-refractivity contribution in [1.82, 2.24) is 10.9 Å². The van der Waals surface area contributed by atoms with Crippen LogP contribution >= 0.6 is 0 Å². The van der Waals surface area contributed by atoms with Crippen LogP contribution in [0.25, 0.3) is 0 Å². The monoisotopic (exact) mass is 404 g/mol. The molecule has 0 unspecified atom stereocenters. The predicted octanol–water partition coefficient (Wildman–Crippen LogP) is 3.83. The van der Waals surface area contributed by atoms with Gasteiger partial charge >= 0.3 is 0 Å². The van der Waals surface area contributed by atoms with E-state index in [2.05, 4.69) is 10.9 Å². The number of phenols is 1. The Kier molecular flexibility index (Phi) is 6.30. The molecule has 0 aliphatic carbocycles. The lowest BCUT2D eigenvalue weighted by Gasteiger charge is -2.18. The third-order valence-corrected chi connectivity index (χ3v) is 5.78. The van der Waals surface area contributed by atoms with Crippen molar-refractivity contribution in [3.63, 3.8) is 0 Å². The second kappa shape index (κ2) is 8.19. The molecule has 2 aromatic carbocycles. The van der Waals surface area contributed by atoms with Gasteiger partial charge in [-0.1, -0.05) is 0 Å².